The monoisotopic (exact) mass is 1020 g/mol. The lowest BCUT2D eigenvalue weighted by Gasteiger charge is -2.21. The van der Waals surface area contributed by atoms with Crippen LogP contribution in [0.5, 0.6) is 0 Å². The average Bonchev–Trinajstić information content (AvgIpc) is 3.37. The second kappa shape index (κ2) is 53.2. The minimum atomic E-state index is -4.78. The summed E-state index contributed by atoms with van der Waals surface area (Å²) in [5.41, 5.74) is 0. The molecule has 3 atom stereocenters. The van der Waals surface area contributed by atoms with Crippen molar-refractivity contribution in [2.24, 2.45) is 0 Å². The molecule has 0 aliphatic carbocycles. The molecule has 0 aliphatic heterocycles. The first-order chi connectivity index (χ1) is 35.2. The van der Waals surface area contributed by atoms with Crippen LogP contribution in [0.2, 0.25) is 0 Å². The molecular weight excluding hydrogens is 928 g/mol. The average molecular weight is 1030 g/mol. The molecule has 0 spiro atoms. The fraction of sp³-hybridized carbons (Fsp3) is 0.617. The molecule has 0 fully saturated rings. The van der Waals surface area contributed by atoms with Gasteiger partial charge in [0.05, 0.1) is 19.8 Å². The van der Waals surface area contributed by atoms with Crippen molar-refractivity contribution in [3.05, 3.63) is 122 Å². The number of unbranched alkanes of at least 4 members (excludes halogenated alkanes) is 12. The predicted molar refractivity (Wildman–Crippen MR) is 297 cm³/mol. The SMILES string of the molecule is CC/C=C\C/C=C\C/C=C\C/C=C\C/C=C\CCCC(=O)OCC(COP(=O)(O)OCC(CO)OC(=O)CCCCC/C=C\C/C=C\C/C=C\CC)OC(=O)CCCCCCC/C=C\C/C=C\CCCCC. The van der Waals surface area contributed by atoms with Gasteiger partial charge in [0.1, 0.15) is 12.7 Å². The van der Waals surface area contributed by atoms with E-state index < -0.39 is 57.8 Å². The van der Waals surface area contributed by atoms with Gasteiger partial charge in [0.2, 0.25) is 0 Å². The Kier molecular flexibility index (Phi) is 50.1. The van der Waals surface area contributed by atoms with Crippen molar-refractivity contribution in [3.8, 4) is 0 Å². The second-order valence-corrected chi connectivity index (χ2v) is 19.1. The number of aliphatic hydroxyl groups is 1. The molecule has 11 nitrogen and oxygen atoms in total. The molecule has 0 aromatic rings. The normalized spacial score (nSPS) is 14.3. The summed E-state index contributed by atoms with van der Waals surface area (Å²) in [4.78, 5) is 48.4. The van der Waals surface area contributed by atoms with E-state index >= 15 is 0 Å². The van der Waals surface area contributed by atoms with Crippen molar-refractivity contribution >= 4 is 25.7 Å². The summed E-state index contributed by atoms with van der Waals surface area (Å²) < 4.78 is 39.3. The van der Waals surface area contributed by atoms with Gasteiger partial charge in [0.25, 0.3) is 0 Å². The predicted octanol–water partition coefficient (Wildman–Crippen LogP) is 16.0. The lowest BCUT2D eigenvalue weighted by Crippen LogP contribution is -2.30. The van der Waals surface area contributed by atoms with Gasteiger partial charge in [-0.1, -0.05) is 181 Å². The van der Waals surface area contributed by atoms with Crippen molar-refractivity contribution in [2.75, 3.05) is 26.4 Å². The van der Waals surface area contributed by atoms with E-state index in [1.807, 2.05) is 6.08 Å². The number of rotatable bonds is 49. The Morgan fingerprint density at radius 1 is 0.403 bits per heavy atom. The van der Waals surface area contributed by atoms with Crippen LogP contribution in [0, 0.1) is 0 Å². The lowest BCUT2D eigenvalue weighted by molar-refractivity contribution is -0.161. The summed E-state index contributed by atoms with van der Waals surface area (Å²) in [5, 5.41) is 9.79. The van der Waals surface area contributed by atoms with Crippen LogP contribution in [-0.2, 0) is 42.2 Å². The van der Waals surface area contributed by atoms with Crippen LogP contribution in [-0.4, -0.2) is 66.5 Å². The Bertz CT molecular complexity index is 1670. The number of carbonyl (C=O) groups excluding carboxylic acids is 3. The summed E-state index contributed by atoms with van der Waals surface area (Å²) in [6.45, 7) is 4.25. The Labute approximate surface area is 437 Å². The maximum atomic E-state index is 12.9. The molecule has 0 radical (unpaired) electrons. The van der Waals surface area contributed by atoms with Crippen molar-refractivity contribution in [1.29, 1.82) is 0 Å². The van der Waals surface area contributed by atoms with Crippen molar-refractivity contribution in [3.63, 3.8) is 0 Å². The Morgan fingerprint density at radius 3 is 1.17 bits per heavy atom. The second-order valence-electron chi connectivity index (χ2n) is 17.6. The van der Waals surface area contributed by atoms with E-state index in [2.05, 4.69) is 136 Å². The summed E-state index contributed by atoms with van der Waals surface area (Å²) in [7, 11) is -4.78. The van der Waals surface area contributed by atoms with Gasteiger partial charge >= 0.3 is 25.7 Å². The fourth-order valence-corrected chi connectivity index (χ4v) is 7.51. The zero-order valence-corrected chi connectivity index (χ0v) is 45.7. The van der Waals surface area contributed by atoms with Gasteiger partial charge < -0.3 is 24.2 Å². The highest BCUT2D eigenvalue weighted by molar-refractivity contribution is 7.47. The largest absolute Gasteiger partial charge is 0.472 e. The molecule has 12 heteroatoms. The number of phosphoric ester groups is 1. The molecule has 0 saturated carbocycles. The number of hydrogen-bond donors (Lipinski definition) is 2. The number of hydrogen-bond acceptors (Lipinski definition) is 10. The molecule has 2 N–H and O–H groups in total. The van der Waals surface area contributed by atoms with Crippen molar-refractivity contribution in [2.45, 2.75) is 213 Å². The zero-order valence-electron chi connectivity index (χ0n) is 44.8. The topological polar surface area (TPSA) is 155 Å². The third-order valence-electron chi connectivity index (χ3n) is 10.8. The van der Waals surface area contributed by atoms with E-state index in [9.17, 15) is 28.9 Å². The lowest BCUT2D eigenvalue weighted by atomic mass is 10.1. The first-order valence-electron chi connectivity index (χ1n) is 27.4. The maximum absolute atomic E-state index is 12.9. The number of allylic oxidation sites excluding steroid dienone is 20. The number of esters is 3. The van der Waals surface area contributed by atoms with Crippen LogP contribution in [0.4, 0.5) is 0 Å². The van der Waals surface area contributed by atoms with Crippen molar-refractivity contribution in [1.82, 2.24) is 0 Å². The number of ether oxygens (including phenoxy) is 3. The van der Waals surface area contributed by atoms with E-state index in [1.165, 1.54) is 19.3 Å². The van der Waals surface area contributed by atoms with Crippen LogP contribution >= 0.6 is 7.82 Å². The van der Waals surface area contributed by atoms with Gasteiger partial charge in [-0.05, 0) is 122 Å². The maximum Gasteiger partial charge on any atom is 0.472 e. The third kappa shape index (κ3) is 50.8. The van der Waals surface area contributed by atoms with Gasteiger partial charge in [0, 0.05) is 19.3 Å². The highest BCUT2D eigenvalue weighted by Gasteiger charge is 2.28. The number of phosphoric acid groups is 1. The van der Waals surface area contributed by atoms with Gasteiger partial charge in [-0.15, -0.1) is 0 Å². The van der Waals surface area contributed by atoms with Gasteiger partial charge in [-0.25, -0.2) is 4.57 Å². The molecule has 0 aromatic heterocycles. The zero-order chi connectivity index (χ0) is 52.7. The highest BCUT2D eigenvalue weighted by Crippen LogP contribution is 2.43. The minimum Gasteiger partial charge on any atom is -0.462 e. The summed E-state index contributed by atoms with van der Waals surface area (Å²) in [5.74, 6) is -1.60. The van der Waals surface area contributed by atoms with E-state index in [0.29, 0.717) is 25.7 Å². The first-order valence-corrected chi connectivity index (χ1v) is 28.9. The molecule has 0 heterocycles. The Morgan fingerprint density at radius 2 is 0.736 bits per heavy atom. The van der Waals surface area contributed by atoms with E-state index in [4.69, 9.17) is 23.3 Å². The first kappa shape index (κ1) is 67.9. The Hall–Kier alpha value is -4.12. The number of aliphatic hydroxyl groups excluding tert-OH is 1. The standard InChI is InChI=1S/C60H97O11P/c1-4-7-10-13-16-19-22-25-27-28-30-32-34-37-40-43-46-49-58(62)67-53-57(71-60(64)51-48-45-42-39-36-33-29-26-23-20-17-14-11-8-5-2)55-69-72(65,66)68-54-56(52-61)70-59(63)50-47-44-41-38-35-31-24-21-18-15-12-9-6-3/h7,9-10,12,16-21,25-27,29-32,35,37,40,56-57,61H,4-6,8,11,13-15,22-24,28,33-34,36,38-39,41-55H2,1-3H3,(H,65,66)/b10-7-,12-9-,19-16-,20-17-,21-18-,27-25-,29-26-,32-30-,35-31-,40-37-. The highest BCUT2D eigenvalue weighted by atomic mass is 31.2. The summed E-state index contributed by atoms with van der Waals surface area (Å²) >= 11 is 0. The summed E-state index contributed by atoms with van der Waals surface area (Å²) in [6, 6.07) is 0. The molecule has 408 valence electrons. The Balaban J connectivity index is 4.89. The van der Waals surface area contributed by atoms with Gasteiger partial charge in [-0.2, -0.15) is 0 Å². The third-order valence-corrected chi connectivity index (χ3v) is 11.8. The minimum absolute atomic E-state index is 0.130. The van der Waals surface area contributed by atoms with Gasteiger partial charge in [-0.3, -0.25) is 23.4 Å². The van der Waals surface area contributed by atoms with E-state index in [1.54, 1.807) is 0 Å². The fourth-order valence-electron chi connectivity index (χ4n) is 6.73. The van der Waals surface area contributed by atoms with Gasteiger partial charge in [0.15, 0.2) is 6.10 Å². The molecule has 0 aromatic carbocycles. The van der Waals surface area contributed by atoms with Crippen molar-refractivity contribution < 1.29 is 52.2 Å². The molecule has 0 rings (SSSR count). The quantitative estimate of drug-likeness (QED) is 0.0197. The van der Waals surface area contributed by atoms with Crippen LogP contribution < -0.4 is 0 Å². The molecule has 3 unspecified atom stereocenters. The molecule has 0 amide bonds. The van der Waals surface area contributed by atoms with Crippen LogP contribution in [0.25, 0.3) is 0 Å². The van der Waals surface area contributed by atoms with E-state index in [-0.39, 0.29) is 25.9 Å². The molecule has 0 bridgehead atoms. The van der Waals surface area contributed by atoms with Crippen LogP contribution in [0.1, 0.15) is 201 Å². The van der Waals surface area contributed by atoms with Crippen LogP contribution in [0.15, 0.2) is 122 Å². The summed E-state index contributed by atoms with van der Waals surface area (Å²) in [6.07, 6.45) is 64.6. The molecule has 72 heavy (non-hydrogen) atoms. The molecule has 0 aliphatic rings. The molecule has 0 saturated heterocycles. The number of carbonyl (C=O) groups is 3. The smallest absolute Gasteiger partial charge is 0.462 e. The van der Waals surface area contributed by atoms with E-state index in [0.717, 1.165) is 116 Å². The molecular formula is C60H97O11P. The van der Waals surface area contributed by atoms with Crippen LogP contribution in [0.3, 0.4) is 0 Å².